The average molecular weight is 510 g/mol. The molecule has 0 amide bonds. The van der Waals surface area contributed by atoms with E-state index < -0.39 is 0 Å². The van der Waals surface area contributed by atoms with Crippen LogP contribution >= 0.6 is 0 Å². The van der Waals surface area contributed by atoms with Gasteiger partial charge in [0.05, 0.1) is 12.6 Å². The lowest BCUT2D eigenvalue weighted by Crippen LogP contribution is -2.34. The zero-order valence-electron chi connectivity index (χ0n) is 21.8. The predicted octanol–water partition coefficient (Wildman–Crippen LogP) is 6.00. The summed E-state index contributed by atoms with van der Waals surface area (Å²) in [5.41, 5.74) is 5.77. The van der Waals surface area contributed by atoms with Crippen molar-refractivity contribution in [1.82, 2.24) is 24.2 Å². The fraction of sp³-hybridized carbons (Fsp3) is 0.290. The Labute approximate surface area is 222 Å². The maximum absolute atomic E-state index is 13.7. The molecule has 1 aliphatic heterocycles. The van der Waals surface area contributed by atoms with Crippen molar-refractivity contribution in [2.45, 2.75) is 25.2 Å². The number of benzene rings is 3. The Balaban J connectivity index is 1.25. The summed E-state index contributed by atoms with van der Waals surface area (Å²) in [7, 11) is 3.58. The van der Waals surface area contributed by atoms with Crippen LogP contribution in [0.15, 0.2) is 79.3 Å². The molecule has 1 aliphatic rings. The summed E-state index contributed by atoms with van der Waals surface area (Å²) in [5, 5.41) is 5.73. The molecule has 0 radical (unpaired) electrons. The number of nitrogens with zero attached hydrogens (tertiary/aromatic N) is 5. The molecule has 6 rings (SSSR count). The molecule has 0 saturated carbocycles. The number of rotatable bonds is 7. The lowest BCUT2D eigenvalue weighted by atomic mass is 9.88. The fourth-order valence-corrected chi connectivity index (χ4v) is 5.55. The van der Waals surface area contributed by atoms with Gasteiger partial charge in [0, 0.05) is 36.4 Å². The van der Waals surface area contributed by atoms with Crippen LogP contribution in [0.3, 0.4) is 0 Å². The molecule has 0 N–H and O–H groups in total. The molecular weight excluding hydrogens is 477 g/mol. The maximum Gasteiger partial charge on any atom is 0.181 e. The van der Waals surface area contributed by atoms with Crippen molar-refractivity contribution in [3.63, 3.8) is 0 Å². The number of hydrogen-bond donors (Lipinski definition) is 0. The molecule has 0 unspecified atom stereocenters. The minimum Gasteiger partial charge on any atom is -0.497 e. The van der Waals surface area contributed by atoms with Crippen LogP contribution in [0.2, 0.25) is 0 Å². The minimum absolute atomic E-state index is 0.226. The van der Waals surface area contributed by atoms with Gasteiger partial charge in [0.1, 0.15) is 17.9 Å². The zero-order valence-corrected chi connectivity index (χ0v) is 21.8. The minimum atomic E-state index is -0.226. The molecule has 7 heteroatoms. The zero-order chi connectivity index (χ0) is 26.1. The first kappa shape index (κ1) is 24.4. The van der Waals surface area contributed by atoms with Crippen molar-refractivity contribution in [1.29, 1.82) is 0 Å². The first-order valence-electron chi connectivity index (χ1n) is 13.2. The second-order valence-corrected chi connectivity index (χ2v) is 10.1. The maximum atomic E-state index is 13.7. The summed E-state index contributed by atoms with van der Waals surface area (Å²) in [6.45, 7) is 3.21. The van der Waals surface area contributed by atoms with Gasteiger partial charge < -0.3 is 14.2 Å². The number of fused-ring (bicyclic) bond motifs is 1. The quantitative estimate of drug-likeness (QED) is 0.270. The van der Waals surface area contributed by atoms with Crippen molar-refractivity contribution >= 4 is 10.9 Å². The van der Waals surface area contributed by atoms with Crippen molar-refractivity contribution in [2.75, 3.05) is 26.7 Å². The van der Waals surface area contributed by atoms with E-state index in [0.29, 0.717) is 5.92 Å². The standard InChI is InChI=1S/C31H32FN5O/c1-35-21-33-31(34-35)24-5-12-30-28(19-24)29(20-37(30)26-8-6-25(32)7-9-26)23-14-17-36(18-15-23)16-13-22-3-10-27(38-2)11-4-22/h3-12,19-21,23H,13-18H2,1-2H3. The molecular formula is C31H32FN5O. The molecule has 1 fully saturated rings. The van der Waals surface area contributed by atoms with E-state index >= 15 is 0 Å². The van der Waals surface area contributed by atoms with E-state index in [1.54, 1.807) is 18.1 Å². The Morgan fingerprint density at radius 3 is 2.42 bits per heavy atom. The van der Waals surface area contributed by atoms with Gasteiger partial charge in [-0.15, -0.1) is 0 Å². The van der Waals surface area contributed by atoms with E-state index in [-0.39, 0.29) is 5.82 Å². The monoisotopic (exact) mass is 509 g/mol. The summed E-state index contributed by atoms with van der Waals surface area (Å²) in [6.07, 6.45) is 7.24. The molecule has 3 heterocycles. The Kier molecular flexibility index (Phi) is 6.68. The van der Waals surface area contributed by atoms with Crippen LogP contribution in [0.4, 0.5) is 4.39 Å². The third-order valence-electron chi connectivity index (χ3n) is 7.70. The highest BCUT2D eigenvalue weighted by Gasteiger charge is 2.24. The number of aryl methyl sites for hydroxylation is 1. The molecule has 1 saturated heterocycles. The van der Waals surface area contributed by atoms with Crippen LogP contribution < -0.4 is 4.74 Å². The molecule has 3 aromatic carbocycles. The number of ether oxygens (including phenoxy) is 1. The summed E-state index contributed by atoms with van der Waals surface area (Å²) in [6, 6.07) is 21.5. The largest absolute Gasteiger partial charge is 0.497 e. The third-order valence-corrected chi connectivity index (χ3v) is 7.70. The Morgan fingerprint density at radius 1 is 0.974 bits per heavy atom. The van der Waals surface area contributed by atoms with Crippen LogP contribution in [0.25, 0.3) is 28.0 Å². The lowest BCUT2D eigenvalue weighted by molar-refractivity contribution is 0.215. The van der Waals surface area contributed by atoms with E-state index in [1.165, 1.54) is 28.6 Å². The van der Waals surface area contributed by atoms with Crippen molar-refractivity contribution in [3.8, 4) is 22.8 Å². The van der Waals surface area contributed by atoms with Gasteiger partial charge in [0.2, 0.25) is 0 Å². The van der Waals surface area contributed by atoms with Gasteiger partial charge in [-0.25, -0.2) is 9.37 Å². The van der Waals surface area contributed by atoms with Crippen LogP contribution in [0, 0.1) is 5.82 Å². The number of hydrogen-bond acceptors (Lipinski definition) is 4. The van der Waals surface area contributed by atoms with Gasteiger partial charge in [0.25, 0.3) is 0 Å². The Morgan fingerprint density at radius 2 is 1.74 bits per heavy atom. The predicted molar refractivity (Wildman–Crippen MR) is 148 cm³/mol. The van der Waals surface area contributed by atoms with Gasteiger partial charge in [-0.2, -0.15) is 5.10 Å². The van der Waals surface area contributed by atoms with Crippen LogP contribution in [0.5, 0.6) is 5.75 Å². The third kappa shape index (κ3) is 4.94. The van der Waals surface area contributed by atoms with E-state index in [2.05, 4.69) is 56.1 Å². The number of halogens is 1. The summed E-state index contributed by atoms with van der Waals surface area (Å²) in [5.74, 6) is 1.86. The molecule has 2 aromatic heterocycles. The number of aromatic nitrogens is 4. The first-order valence-corrected chi connectivity index (χ1v) is 13.2. The van der Waals surface area contributed by atoms with Gasteiger partial charge in [-0.1, -0.05) is 12.1 Å². The van der Waals surface area contributed by atoms with Crippen LogP contribution in [-0.2, 0) is 13.5 Å². The van der Waals surface area contributed by atoms with Crippen molar-refractivity contribution in [2.24, 2.45) is 7.05 Å². The SMILES string of the molecule is COc1ccc(CCN2CCC(c3cn(-c4ccc(F)cc4)c4ccc(-c5ncn(C)n5)cc34)CC2)cc1. The molecule has 38 heavy (non-hydrogen) atoms. The average Bonchev–Trinajstić information content (AvgIpc) is 3.56. The molecule has 0 bridgehead atoms. The summed E-state index contributed by atoms with van der Waals surface area (Å²) < 4.78 is 22.9. The van der Waals surface area contributed by atoms with Gasteiger partial charge in [0.15, 0.2) is 5.82 Å². The van der Waals surface area contributed by atoms with Crippen molar-refractivity contribution in [3.05, 3.63) is 96.2 Å². The summed E-state index contributed by atoms with van der Waals surface area (Å²) >= 11 is 0. The molecule has 5 aromatic rings. The van der Waals surface area contributed by atoms with E-state index in [0.717, 1.165) is 67.2 Å². The van der Waals surface area contributed by atoms with Gasteiger partial charge in [-0.3, -0.25) is 4.68 Å². The second kappa shape index (κ2) is 10.4. The van der Waals surface area contributed by atoms with E-state index in [9.17, 15) is 4.39 Å². The molecule has 0 aliphatic carbocycles. The molecule has 6 nitrogen and oxygen atoms in total. The Bertz CT molecular complexity index is 1530. The fourth-order valence-electron chi connectivity index (χ4n) is 5.55. The number of likely N-dealkylation sites (tertiary alicyclic amines) is 1. The van der Waals surface area contributed by atoms with Gasteiger partial charge in [-0.05, 0) is 104 Å². The Hall–Kier alpha value is -3.97. The smallest absolute Gasteiger partial charge is 0.181 e. The number of methoxy groups -OCH3 is 1. The number of piperidine rings is 1. The van der Waals surface area contributed by atoms with E-state index in [4.69, 9.17) is 4.74 Å². The van der Waals surface area contributed by atoms with Crippen molar-refractivity contribution < 1.29 is 9.13 Å². The first-order chi connectivity index (χ1) is 18.6. The summed E-state index contributed by atoms with van der Waals surface area (Å²) in [4.78, 5) is 7.04. The van der Waals surface area contributed by atoms with Crippen LogP contribution in [-0.4, -0.2) is 51.0 Å². The highest BCUT2D eigenvalue weighted by molar-refractivity contribution is 5.89. The normalized spacial score (nSPS) is 14.8. The highest BCUT2D eigenvalue weighted by Crippen LogP contribution is 2.37. The van der Waals surface area contributed by atoms with Crippen LogP contribution in [0.1, 0.15) is 29.9 Å². The highest BCUT2D eigenvalue weighted by atomic mass is 19.1. The second-order valence-electron chi connectivity index (χ2n) is 10.1. The topological polar surface area (TPSA) is 48.1 Å². The lowest BCUT2D eigenvalue weighted by Gasteiger charge is -2.32. The van der Waals surface area contributed by atoms with Gasteiger partial charge >= 0.3 is 0 Å². The molecule has 0 spiro atoms. The molecule has 194 valence electrons. The van der Waals surface area contributed by atoms with E-state index in [1.807, 2.05) is 31.3 Å². The molecule has 0 atom stereocenters.